The number of carbonyl (C=O) groups excluding carboxylic acids is 3. The van der Waals surface area contributed by atoms with Gasteiger partial charge in [-0.2, -0.15) is 0 Å². The van der Waals surface area contributed by atoms with Crippen LogP contribution < -0.4 is 19.7 Å². The van der Waals surface area contributed by atoms with E-state index in [1.807, 2.05) is 13.8 Å². The molecule has 1 heterocycles. The molecule has 1 atom stereocenters. The van der Waals surface area contributed by atoms with Crippen molar-refractivity contribution in [3.05, 3.63) is 53.6 Å². The number of hydrogen-bond donors (Lipinski definition) is 1. The zero-order valence-electron chi connectivity index (χ0n) is 20.0. The molecule has 1 aliphatic heterocycles. The zero-order chi connectivity index (χ0) is 25.5. The number of fused-ring (bicyclic) bond motifs is 1. The first-order valence-electron chi connectivity index (χ1n) is 11.4. The van der Waals surface area contributed by atoms with Crippen LogP contribution in [0.25, 0.3) is 0 Å². The summed E-state index contributed by atoms with van der Waals surface area (Å²) < 4.78 is 37.5. The number of amides is 2. The highest BCUT2D eigenvalue weighted by molar-refractivity contribution is 6.05. The summed E-state index contributed by atoms with van der Waals surface area (Å²) in [5.74, 6) is -2.82. The Balaban J connectivity index is 1.72. The van der Waals surface area contributed by atoms with Gasteiger partial charge in [-0.3, -0.25) is 19.3 Å². The van der Waals surface area contributed by atoms with Gasteiger partial charge >= 0.3 is 0 Å². The van der Waals surface area contributed by atoms with Crippen molar-refractivity contribution >= 4 is 23.3 Å². The number of Topliss-reactive ketones (excluding diaryl/α,β-unsaturated/α-hetero) is 1. The summed E-state index contributed by atoms with van der Waals surface area (Å²) in [5, 5.41) is 2.85. The van der Waals surface area contributed by atoms with E-state index in [0.717, 1.165) is 25.2 Å². The topological polar surface area (TPSA) is 88.2 Å². The van der Waals surface area contributed by atoms with Crippen LogP contribution in [0, 0.1) is 11.6 Å². The molecule has 0 radical (unpaired) electrons. The van der Waals surface area contributed by atoms with Crippen LogP contribution in [0.4, 0.5) is 14.5 Å². The van der Waals surface area contributed by atoms with E-state index in [0.29, 0.717) is 24.9 Å². The van der Waals surface area contributed by atoms with Gasteiger partial charge in [-0.1, -0.05) is 13.8 Å². The number of benzene rings is 2. The molecular weight excluding hydrogens is 460 g/mol. The minimum atomic E-state index is -0.922. The molecule has 0 saturated carbocycles. The van der Waals surface area contributed by atoms with E-state index in [4.69, 9.17) is 9.47 Å². The van der Waals surface area contributed by atoms with E-state index in [1.165, 1.54) is 23.1 Å². The number of hydrogen-bond acceptors (Lipinski definition) is 6. The normalized spacial score (nSPS) is 13.8. The van der Waals surface area contributed by atoms with E-state index < -0.39 is 36.0 Å². The minimum absolute atomic E-state index is 0.184. The Morgan fingerprint density at radius 3 is 2.60 bits per heavy atom. The first-order chi connectivity index (χ1) is 16.7. The molecule has 0 bridgehead atoms. The molecule has 3 rings (SSSR count). The average molecular weight is 490 g/mol. The molecule has 188 valence electrons. The second kappa shape index (κ2) is 11.7. The van der Waals surface area contributed by atoms with Gasteiger partial charge in [0.15, 0.2) is 30.6 Å². The quantitative estimate of drug-likeness (QED) is 0.489. The maximum atomic E-state index is 13.8. The van der Waals surface area contributed by atoms with Crippen molar-refractivity contribution in [2.45, 2.75) is 26.8 Å². The van der Waals surface area contributed by atoms with Crippen LogP contribution >= 0.6 is 0 Å². The number of nitrogens with one attached hydrogen (secondary N) is 1. The Kier molecular flexibility index (Phi) is 8.75. The van der Waals surface area contributed by atoms with Crippen molar-refractivity contribution in [3.8, 4) is 11.5 Å². The molecule has 2 aromatic carbocycles. The fourth-order valence-electron chi connectivity index (χ4n) is 3.73. The lowest BCUT2D eigenvalue weighted by Gasteiger charge is -2.33. The molecule has 0 spiro atoms. The number of nitrogens with zero attached hydrogens (tertiary/aromatic N) is 2. The summed E-state index contributed by atoms with van der Waals surface area (Å²) >= 11 is 0. The first-order valence-corrected chi connectivity index (χ1v) is 11.4. The van der Waals surface area contributed by atoms with Crippen LogP contribution in [-0.4, -0.2) is 67.9 Å². The third-order valence-electron chi connectivity index (χ3n) is 5.80. The van der Waals surface area contributed by atoms with Crippen LogP contribution in [0.5, 0.6) is 11.5 Å². The van der Waals surface area contributed by atoms with Gasteiger partial charge in [-0.05, 0) is 50.3 Å². The number of rotatable bonds is 11. The molecule has 0 fully saturated rings. The van der Waals surface area contributed by atoms with Crippen molar-refractivity contribution in [1.82, 2.24) is 10.2 Å². The number of carbonyl (C=O) groups is 3. The summed E-state index contributed by atoms with van der Waals surface area (Å²) in [6.07, 6.45) is 0. The van der Waals surface area contributed by atoms with Crippen molar-refractivity contribution in [2.75, 3.05) is 44.3 Å². The number of ether oxygens (including phenoxy) is 2. The highest BCUT2D eigenvalue weighted by atomic mass is 19.1. The molecule has 35 heavy (non-hydrogen) atoms. The van der Waals surface area contributed by atoms with Crippen LogP contribution in [0.1, 0.15) is 31.1 Å². The van der Waals surface area contributed by atoms with E-state index in [9.17, 15) is 23.2 Å². The average Bonchev–Trinajstić information content (AvgIpc) is 2.85. The molecule has 0 aromatic heterocycles. The maximum Gasteiger partial charge on any atom is 0.265 e. The van der Waals surface area contributed by atoms with Gasteiger partial charge < -0.3 is 19.7 Å². The largest absolute Gasteiger partial charge is 0.482 e. The lowest BCUT2D eigenvalue weighted by molar-refractivity contribution is -0.127. The molecule has 0 aliphatic carbocycles. The molecular formula is C25H29F2N3O5. The Bertz CT molecular complexity index is 1090. The Labute approximate surface area is 202 Å². The molecule has 1 aliphatic rings. The fourth-order valence-corrected chi connectivity index (χ4v) is 3.73. The maximum absolute atomic E-state index is 13.8. The second-order valence-electron chi connectivity index (χ2n) is 8.02. The van der Waals surface area contributed by atoms with E-state index >= 15 is 0 Å². The minimum Gasteiger partial charge on any atom is -0.482 e. The fraction of sp³-hybridized carbons (Fsp3) is 0.400. The number of likely N-dealkylation sites (N-methyl/N-ethyl adjacent to an activating group) is 1. The summed E-state index contributed by atoms with van der Waals surface area (Å²) in [4.78, 5) is 41.6. The van der Waals surface area contributed by atoms with Gasteiger partial charge in [0, 0.05) is 24.7 Å². The lowest BCUT2D eigenvalue weighted by atomic mass is 10.1. The van der Waals surface area contributed by atoms with Crippen LogP contribution in [-0.2, 0) is 9.59 Å². The molecule has 1 N–H and O–H groups in total. The van der Waals surface area contributed by atoms with E-state index in [-0.39, 0.29) is 29.5 Å². The monoisotopic (exact) mass is 489 g/mol. The van der Waals surface area contributed by atoms with Crippen LogP contribution in [0.2, 0.25) is 0 Å². The SMILES string of the molecule is CCN(CC)CCNC(=O)C(C)N1C(=O)COc2ccc(C(=O)COc3ccc(F)cc3F)cc21. The van der Waals surface area contributed by atoms with Gasteiger partial charge in [0.2, 0.25) is 5.91 Å². The van der Waals surface area contributed by atoms with Crippen molar-refractivity contribution in [1.29, 1.82) is 0 Å². The number of ketones is 1. The van der Waals surface area contributed by atoms with E-state index in [1.54, 1.807) is 6.92 Å². The third-order valence-corrected chi connectivity index (χ3v) is 5.80. The second-order valence-corrected chi connectivity index (χ2v) is 8.02. The van der Waals surface area contributed by atoms with Gasteiger partial charge in [-0.25, -0.2) is 8.78 Å². The molecule has 2 amide bonds. The molecule has 8 nitrogen and oxygen atoms in total. The van der Waals surface area contributed by atoms with Gasteiger partial charge in [0.25, 0.3) is 5.91 Å². The van der Waals surface area contributed by atoms with Crippen molar-refractivity contribution in [2.24, 2.45) is 0 Å². The Morgan fingerprint density at radius 2 is 1.91 bits per heavy atom. The molecule has 0 saturated heterocycles. The van der Waals surface area contributed by atoms with Gasteiger partial charge in [0.05, 0.1) is 5.69 Å². The van der Waals surface area contributed by atoms with Gasteiger partial charge in [-0.15, -0.1) is 0 Å². The summed E-state index contributed by atoms with van der Waals surface area (Å²) in [6, 6.07) is 6.42. The van der Waals surface area contributed by atoms with Crippen molar-refractivity contribution < 1.29 is 32.6 Å². The Morgan fingerprint density at radius 1 is 1.17 bits per heavy atom. The lowest BCUT2D eigenvalue weighted by Crippen LogP contribution is -2.52. The summed E-state index contributed by atoms with van der Waals surface area (Å²) in [6.45, 7) is 7.81. The van der Waals surface area contributed by atoms with Crippen molar-refractivity contribution in [3.63, 3.8) is 0 Å². The highest BCUT2D eigenvalue weighted by Crippen LogP contribution is 2.34. The smallest absolute Gasteiger partial charge is 0.265 e. The first kappa shape index (κ1) is 26.1. The van der Waals surface area contributed by atoms with E-state index in [2.05, 4.69) is 10.2 Å². The number of halogens is 2. The van der Waals surface area contributed by atoms with Gasteiger partial charge in [0.1, 0.15) is 17.6 Å². The standard InChI is InChI=1S/C25H29F2N3O5/c1-4-29(5-2)11-10-28-25(33)16(3)30-20-12-17(6-8-23(20)35-15-24(30)32)21(31)14-34-22-9-7-18(26)13-19(22)27/h6-9,12-13,16H,4-5,10-11,14-15H2,1-3H3,(H,28,33). The molecule has 10 heteroatoms. The summed E-state index contributed by atoms with van der Waals surface area (Å²) in [5.41, 5.74) is 0.468. The number of anilines is 1. The molecule has 1 unspecified atom stereocenters. The zero-order valence-corrected chi connectivity index (χ0v) is 20.0. The third kappa shape index (κ3) is 6.33. The highest BCUT2D eigenvalue weighted by Gasteiger charge is 2.33. The Hall–Kier alpha value is -3.53. The molecule has 2 aromatic rings. The van der Waals surface area contributed by atoms with Crippen LogP contribution in [0.3, 0.4) is 0 Å². The summed E-state index contributed by atoms with van der Waals surface area (Å²) in [7, 11) is 0. The predicted octanol–water partition coefficient (Wildman–Crippen LogP) is 2.80. The predicted molar refractivity (Wildman–Crippen MR) is 126 cm³/mol. The van der Waals surface area contributed by atoms with Crippen LogP contribution in [0.15, 0.2) is 36.4 Å².